The molecule has 0 aromatic heterocycles. The van der Waals surface area contributed by atoms with Crippen molar-refractivity contribution < 1.29 is 4.39 Å². The maximum Gasteiger partial charge on any atom is 0.124 e. The highest BCUT2D eigenvalue weighted by atomic mass is 19.1. The zero-order chi connectivity index (χ0) is 15.2. The van der Waals surface area contributed by atoms with Crippen molar-refractivity contribution in [2.75, 3.05) is 6.54 Å². The van der Waals surface area contributed by atoms with E-state index in [2.05, 4.69) is 17.9 Å². The van der Waals surface area contributed by atoms with Gasteiger partial charge in [0.1, 0.15) is 5.82 Å². The normalized spacial score (nSPS) is 22.2. The van der Waals surface area contributed by atoms with E-state index in [1.807, 2.05) is 0 Å². The topological polar surface area (TPSA) is 53.0 Å². The molecule has 1 aliphatic carbocycles. The molecule has 0 spiro atoms. The monoisotopic (exact) mass is 289 g/mol. The fourth-order valence-corrected chi connectivity index (χ4v) is 3.15. The van der Waals surface area contributed by atoms with Crippen LogP contribution in [0, 0.1) is 17.1 Å². The van der Waals surface area contributed by atoms with Gasteiger partial charge in [-0.2, -0.15) is 5.26 Å². The van der Waals surface area contributed by atoms with Crippen LogP contribution in [0.3, 0.4) is 0 Å². The molecule has 0 bridgehead atoms. The molecule has 1 fully saturated rings. The van der Waals surface area contributed by atoms with E-state index in [-0.39, 0.29) is 5.82 Å². The zero-order valence-corrected chi connectivity index (χ0v) is 12.7. The van der Waals surface area contributed by atoms with Gasteiger partial charge in [-0.1, -0.05) is 13.0 Å². The first-order valence-electron chi connectivity index (χ1n) is 7.82. The number of benzene rings is 1. The molecule has 2 rings (SSSR count). The van der Waals surface area contributed by atoms with Crippen LogP contribution in [0.4, 0.5) is 4.39 Å². The third kappa shape index (κ3) is 4.26. The van der Waals surface area contributed by atoms with Gasteiger partial charge in [0.05, 0.1) is 11.6 Å². The largest absolute Gasteiger partial charge is 0.328 e. The molecule has 1 aromatic rings. The molecule has 1 aromatic carbocycles. The molecular weight excluding hydrogens is 265 g/mol. The molecule has 0 amide bonds. The highest BCUT2D eigenvalue weighted by Gasteiger charge is 2.24. The summed E-state index contributed by atoms with van der Waals surface area (Å²) in [6, 6.07) is 7.49. The van der Waals surface area contributed by atoms with Crippen molar-refractivity contribution >= 4 is 0 Å². The second-order valence-corrected chi connectivity index (χ2v) is 5.95. The smallest absolute Gasteiger partial charge is 0.124 e. The number of hydrogen-bond acceptors (Lipinski definition) is 3. The van der Waals surface area contributed by atoms with Crippen LogP contribution in [0.2, 0.25) is 0 Å². The van der Waals surface area contributed by atoms with Crippen molar-refractivity contribution in [1.82, 2.24) is 4.90 Å². The lowest BCUT2D eigenvalue weighted by atomic mass is 9.90. The molecule has 114 valence electrons. The quantitative estimate of drug-likeness (QED) is 0.905. The van der Waals surface area contributed by atoms with Gasteiger partial charge in [0.2, 0.25) is 0 Å². The Labute approximate surface area is 126 Å². The van der Waals surface area contributed by atoms with E-state index in [1.54, 1.807) is 6.07 Å². The fourth-order valence-electron chi connectivity index (χ4n) is 3.15. The summed E-state index contributed by atoms with van der Waals surface area (Å²) in [7, 11) is 0. The Hall–Kier alpha value is -1.44. The molecule has 2 N–H and O–H groups in total. The third-order valence-electron chi connectivity index (χ3n) is 4.33. The van der Waals surface area contributed by atoms with E-state index in [0.29, 0.717) is 17.6 Å². The molecule has 0 unspecified atom stereocenters. The van der Waals surface area contributed by atoms with Crippen molar-refractivity contribution in [2.45, 2.75) is 57.7 Å². The second-order valence-electron chi connectivity index (χ2n) is 5.95. The minimum atomic E-state index is -0.346. The Bertz CT molecular complexity index is 501. The summed E-state index contributed by atoms with van der Waals surface area (Å²) >= 11 is 0. The van der Waals surface area contributed by atoms with Crippen LogP contribution in [-0.4, -0.2) is 23.5 Å². The first-order chi connectivity index (χ1) is 10.1. The Morgan fingerprint density at radius 1 is 1.33 bits per heavy atom. The van der Waals surface area contributed by atoms with Crippen molar-refractivity contribution in [3.05, 3.63) is 35.1 Å². The number of rotatable bonds is 5. The van der Waals surface area contributed by atoms with Gasteiger partial charge in [-0.05, 0) is 56.3 Å². The maximum absolute atomic E-state index is 13.2. The first-order valence-corrected chi connectivity index (χ1v) is 7.82. The summed E-state index contributed by atoms with van der Waals surface area (Å²) < 4.78 is 13.2. The predicted octanol–water partition coefficient (Wildman–Crippen LogP) is 3.18. The first kappa shape index (κ1) is 15.9. The number of hydrogen-bond donors (Lipinski definition) is 1. The molecular formula is C17H24FN3. The molecule has 3 nitrogen and oxygen atoms in total. The van der Waals surface area contributed by atoms with Gasteiger partial charge in [0.15, 0.2) is 0 Å². The van der Waals surface area contributed by atoms with Crippen molar-refractivity contribution in [1.29, 1.82) is 5.26 Å². The van der Waals surface area contributed by atoms with Gasteiger partial charge < -0.3 is 5.73 Å². The highest BCUT2D eigenvalue weighted by molar-refractivity contribution is 5.37. The Morgan fingerprint density at radius 3 is 2.67 bits per heavy atom. The SMILES string of the molecule is CCCN(Cc1ccc(F)cc1C#N)C1CCC(N)CC1. The minimum Gasteiger partial charge on any atom is -0.328 e. The van der Waals surface area contributed by atoms with Crippen molar-refractivity contribution in [2.24, 2.45) is 5.73 Å². The molecule has 0 atom stereocenters. The van der Waals surface area contributed by atoms with Crippen LogP contribution in [0.15, 0.2) is 18.2 Å². The molecule has 1 aliphatic rings. The molecule has 0 heterocycles. The minimum absolute atomic E-state index is 0.338. The van der Waals surface area contributed by atoms with Gasteiger partial charge in [0, 0.05) is 18.6 Å². The van der Waals surface area contributed by atoms with E-state index in [9.17, 15) is 9.65 Å². The van der Waals surface area contributed by atoms with E-state index < -0.39 is 0 Å². The van der Waals surface area contributed by atoms with E-state index in [0.717, 1.165) is 50.8 Å². The average molecular weight is 289 g/mol. The van der Waals surface area contributed by atoms with Crippen LogP contribution >= 0.6 is 0 Å². The van der Waals surface area contributed by atoms with Gasteiger partial charge in [0.25, 0.3) is 0 Å². The van der Waals surface area contributed by atoms with E-state index in [1.165, 1.54) is 12.1 Å². The van der Waals surface area contributed by atoms with Gasteiger partial charge >= 0.3 is 0 Å². The number of nitrogens with two attached hydrogens (primary N) is 1. The standard InChI is InChI=1S/C17H24FN3/c1-2-9-21(17-7-5-16(20)6-8-17)12-13-3-4-15(18)10-14(13)11-19/h3-4,10,16-17H,2,5-9,12,20H2,1H3. The van der Waals surface area contributed by atoms with E-state index in [4.69, 9.17) is 5.73 Å². The zero-order valence-electron chi connectivity index (χ0n) is 12.7. The van der Waals surface area contributed by atoms with Crippen LogP contribution in [0.25, 0.3) is 0 Å². The Balaban J connectivity index is 2.11. The number of nitriles is 1. The van der Waals surface area contributed by atoms with Gasteiger partial charge in [-0.25, -0.2) is 4.39 Å². The van der Waals surface area contributed by atoms with Crippen molar-refractivity contribution in [3.63, 3.8) is 0 Å². The Kier molecular flexibility index (Phi) is 5.72. The predicted molar refractivity (Wildman–Crippen MR) is 82.0 cm³/mol. The Morgan fingerprint density at radius 2 is 2.05 bits per heavy atom. The van der Waals surface area contributed by atoms with Crippen LogP contribution < -0.4 is 5.73 Å². The van der Waals surface area contributed by atoms with Crippen LogP contribution in [0.5, 0.6) is 0 Å². The molecule has 0 aliphatic heterocycles. The summed E-state index contributed by atoms with van der Waals surface area (Å²) in [6.45, 7) is 3.89. The lowest BCUT2D eigenvalue weighted by molar-refractivity contribution is 0.142. The summed E-state index contributed by atoms with van der Waals surface area (Å²) in [5.41, 5.74) is 7.35. The van der Waals surface area contributed by atoms with Crippen LogP contribution in [-0.2, 0) is 6.54 Å². The average Bonchev–Trinajstić information content (AvgIpc) is 2.49. The number of nitrogens with zero attached hydrogens (tertiary/aromatic N) is 2. The number of halogens is 1. The summed E-state index contributed by atoms with van der Waals surface area (Å²) in [4.78, 5) is 2.43. The third-order valence-corrected chi connectivity index (χ3v) is 4.33. The van der Waals surface area contributed by atoms with Gasteiger partial charge in [-0.3, -0.25) is 4.90 Å². The second kappa shape index (κ2) is 7.53. The van der Waals surface area contributed by atoms with E-state index >= 15 is 0 Å². The highest BCUT2D eigenvalue weighted by Crippen LogP contribution is 2.24. The summed E-state index contributed by atoms with van der Waals surface area (Å²) in [5, 5.41) is 9.18. The fraction of sp³-hybridized carbons (Fsp3) is 0.588. The maximum atomic E-state index is 13.2. The lowest BCUT2D eigenvalue weighted by Crippen LogP contribution is -2.41. The summed E-state index contributed by atoms with van der Waals surface area (Å²) in [6.07, 6.45) is 5.44. The summed E-state index contributed by atoms with van der Waals surface area (Å²) in [5.74, 6) is -0.346. The molecule has 4 heteroatoms. The molecule has 1 saturated carbocycles. The molecule has 21 heavy (non-hydrogen) atoms. The van der Waals surface area contributed by atoms with Gasteiger partial charge in [-0.15, -0.1) is 0 Å². The molecule has 0 saturated heterocycles. The molecule has 0 radical (unpaired) electrons. The lowest BCUT2D eigenvalue weighted by Gasteiger charge is -2.36. The van der Waals surface area contributed by atoms with Crippen LogP contribution in [0.1, 0.15) is 50.2 Å². The van der Waals surface area contributed by atoms with Crippen molar-refractivity contribution in [3.8, 4) is 6.07 Å².